The molecule has 3 nitrogen and oxygen atoms in total. The van der Waals surface area contributed by atoms with E-state index in [0.717, 1.165) is 18.8 Å². The van der Waals surface area contributed by atoms with Gasteiger partial charge in [-0.1, -0.05) is 24.3 Å². The molecule has 0 aliphatic carbocycles. The highest BCUT2D eigenvalue weighted by Crippen LogP contribution is 2.27. The Morgan fingerprint density at radius 3 is 2.73 bits per heavy atom. The number of rotatable bonds is 4. The number of aliphatic carboxylic acids is 1. The zero-order valence-electron chi connectivity index (χ0n) is 8.48. The summed E-state index contributed by atoms with van der Waals surface area (Å²) in [6, 6.07) is 8.04. The summed E-state index contributed by atoms with van der Waals surface area (Å²) in [6.45, 7) is 1.54. The average Bonchev–Trinajstić information content (AvgIpc) is 2.14. The maximum Gasteiger partial charge on any atom is 0.303 e. The molecule has 1 aromatic carbocycles. The van der Waals surface area contributed by atoms with Crippen molar-refractivity contribution in [3.63, 3.8) is 0 Å². The summed E-state index contributed by atoms with van der Waals surface area (Å²) in [7, 11) is 0. The molecule has 0 amide bonds. The van der Waals surface area contributed by atoms with Crippen molar-refractivity contribution < 1.29 is 14.6 Å². The van der Waals surface area contributed by atoms with E-state index in [1.807, 2.05) is 18.2 Å². The zero-order chi connectivity index (χ0) is 10.7. The van der Waals surface area contributed by atoms with Crippen LogP contribution < -0.4 is 0 Å². The average molecular weight is 206 g/mol. The van der Waals surface area contributed by atoms with E-state index in [0.29, 0.717) is 12.3 Å². The summed E-state index contributed by atoms with van der Waals surface area (Å²) in [5.74, 6) is -0.273. The molecule has 1 fully saturated rings. The van der Waals surface area contributed by atoms with E-state index in [1.54, 1.807) is 0 Å². The lowest BCUT2D eigenvalue weighted by Crippen LogP contribution is -2.26. The van der Waals surface area contributed by atoms with Crippen molar-refractivity contribution in [3.05, 3.63) is 35.4 Å². The van der Waals surface area contributed by atoms with Gasteiger partial charge in [-0.3, -0.25) is 4.79 Å². The molecule has 1 heterocycles. The van der Waals surface area contributed by atoms with E-state index < -0.39 is 5.97 Å². The van der Waals surface area contributed by atoms with Crippen LogP contribution in [0.1, 0.15) is 23.5 Å². The van der Waals surface area contributed by atoms with Gasteiger partial charge in [0.15, 0.2) is 0 Å². The Balaban J connectivity index is 2.10. The molecule has 1 saturated heterocycles. The summed E-state index contributed by atoms with van der Waals surface area (Å²) in [6.07, 6.45) is 0.812. The van der Waals surface area contributed by atoms with Crippen molar-refractivity contribution in [3.8, 4) is 0 Å². The molecule has 0 atom stereocenters. The molecule has 1 N–H and O–H groups in total. The Kier molecular flexibility index (Phi) is 3.02. The number of carbonyl (C=O) groups is 1. The van der Waals surface area contributed by atoms with Gasteiger partial charge in [0, 0.05) is 12.3 Å². The monoisotopic (exact) mass is 206 g/mol. The van der Waals surface area contributed by atoms with Crippen LogP contribution in [0.15, 0.2) is 24.3 Å². The minimum absolute atomic E-state index is 0.199. The number of carboxylic acids is 1. The lowest BCUT2D eigenvalue weighted by atomic mass is 9.91. The van der Waals surface area contributed by atoms with Crippen LogP contribution in [0.2, 0.25) is 0 Å². The summed E-state index contributed by atoms with van der Waals surface area (Å²) in [5.41, 5.74) is 2.40. The van der Waals surface area contributed by atoms with Gasteiger partial charge in [0.2, 0.25) is 0 Å². The molecule has 3 heteroatoms. The lowest BCUT2D eigenvalue weighted by Gasteiger charge is -2.28. The van der Waals surface area contributed by atoms with Crippen molar-refractivity contribution in [2.45, 2.75) is 18.8 Å². The van der Waals surface area contributed by atoms with Crippen LogP contribution in [-0.4, -0.2) is 24.3 Å². The number of ether oxygens (including phenoxy) is 1. The molecule has 2 rings (SSSR count). The van der Waals surface area contributed by atoms with E-state index in [-0.39, 0.29) is 6.42 Å². The van der Waals surface area contributed by atoms with Crippen molar-refractivity contribution in [2.24, 2.45) is 0 Å². The van der Waals surface area contributed by atoms with E-state index in [9.17, 15) is 4.79 Å². The molecule has 1 aliphatic heterocycles. The summed E-state index contributed by atoms with van der Waals surface area (Å²) in [5, 5.41) is 8.65. The minimum Gasteiger partial charge on any atom is -0.481 e. The molecule has 0 bridgehead atoms. The number of hydrogen-bond acceptors (Lipinski definition) is 2. The van der Waals surface area contributed by atoms with Crippen LogP contribution in [0.25, 0.3) is 0 Å². The molecule has 1 aliphatic rings. The van der Waals surface area contributed by atoms with Crippen molar-refractivity contribution in [1.29, 1.82) is 0 Å². The highest BCUT2D eigenvalue weighted by atomic mass is 16.5. The molecule has 15 heavy (non-hydrogen) atoms. The Bertz CT molecular complexity index is 356. The Hall–Kier alpha value is -1.35. The number of benzene rings is 1. The first-order chi connectivity index (χ1) is 7.27. The second kappa shape index (κ2) is 4.45. The predicted octanol–water partition coefficient (Wildman–Crippen LogP) is 1.82. The fourth-order valence-electron chi connectivity index (χ4n) is 1.82. The van der Waals surface area contributed by atoms with Crippen LogP contribution in [0.5, 0.6) is 0 Å². The van der Waals surface area contributed by atoms with Gasteiger partial charge < -0.3 is 9.84 Å². The molecule has 0 unspecified atom stereocenters. The second-order valence-corrected chi connectivity index (χ2v) is 3.83. The fraction of sp³-hybridized carbons (Fsp3) is 0.417. The SMILES string of the molecule is O=C(O)CCc1ccccc1C1COC1. The first kappa shape index (κ1) is 10.2. The van der Waals surface area contributed by atoms with Gasteiger partial charge in [-0.15, -0.1) is 0 Å². The molecule has 0 spiro atoms. The van der Waals surface area contributed by atoms with Crippen LogP contribution in [0.4, 0.5) is 0 Å². The van der Waals surface area contributed by atoms with Gasteiger partial charge >= 0.3 is 5.97 Å². The van der Waals surface area contributed by atoms with Gasteiger partial charge in [0.1, 0.15) is 0 Å². The Morgan fingerprint density at radius 2 is 2.13 bits per heavy atom. The van der Waals surface area contributed by atoms with E-state index in [2.05, 4.69) is 6.07 Å². The number of carboxylic acid groups (broad SMARTS) is 1. The standard InChI is InChI=1S/C12H14O3/c13-12(14)6-5-9-3-1-2-4-11(9)10-7-15-8-10/h1-4,10H,5-8H2,(H,13,14). The first-order valence-electron chi connectivity index (χ1n) is 5.14. The van der Waals surface area contributed by atoms with Gasteiger partial charge in [0.05, 0.1) is 13.2 Å². The molecule has 80 valence electrons. The largest absolute Gasteiger partial charge is 0.481 e. The highest BCUT2D eigenvalue weighted by Gasteiger charge is 2.22. The van der Waals surface area contributed by atoms with Crippen molar-refractivity contribution in [2.75, 3.05) is 13.2 Å². The normalized spacial score (nSPS) is 16.0. The third kappa shape index (κ3) is 2.36. The maximum atomic E-state index is 10.5. The quantitative estimate of drug-likeness (QED) is 0.817. The Labute approximate surface area is 88.7 Å². The molecular weight excluding hydrogens is 192 g/mol. The molecule has 0 aromatic heterocycles. The second-order valence-electron chi connectivity index (χ2n) is 3.83. The van der Waals surface area contributed by atoms with Gasteiger partial charge in [-0.2, -0.15) is 0 Å². The fourth-order valence-corrected chi connectivity index (χ4v) is 1.82. The summed E-state index contributed by atoms with van der Waals surface area (Å²) < 4.78 is 5.15. The number of hydrogen-bond donors (Lipinski definition) is 1. The van der Waals surface area contributed by atoms with Crippen LogP contribution >= 0.6 is 0 Å². The van der Waals surface area contributed by atoms with Crippen molar-refractivity contribution in [1.82, 2.24) is 0 Å². The smallest absolute Gasteiger partial charge is 0.303 e. The first-order valence-corrected chi connectivity index (χ1v) is 5.14. The Morgan fingerprint density at radius 1 is 1.40 bits per heavy atom. The van der Waals surface area contributed by atoms with Crippen molar-refractivity contribution >= 4 is 5.97 Å². The van der Waals surface area contributed by atoms with E-state index in [4.69, 9.17) is 9.84 Å². The molecule has 0 radical (unpaired) electrons. The van der Waals surface area contributed by atoms with Crippen LogP contribution in [0.3, 0.4) is 0 Å². The topological polar surface area (TPSA) is 46.5 Å². The van der Waals surface area contributed by atoms with Gasteiger partial charge in [-0.25, -0.2) is 0 Å². The van der Waals surface area contributed by atoms with Crippen LogP contribution in [-0.2, 0) is 16.0 Å². The third-order valence-corrected chi connectivity index (χ3v) is 2.74. The van der Waals surface area contributed by atoms with Gasteiger partial charge in [-0.05, 0) is 17.5 Å². The highest BCUT2D eigenvalue weighted by molar-refractivity contribution is 5.67. The third-order valence-electron chi connectivity index (χ3n) is 2.74. The lowest BCUT2D eigenvalue weighted by molar-refractivity contribution is -0.136. The zero-order valence-corrected chi connectivity index (χ0v) is 8.48. The maximum absolute atomic E-state index is 10.5. The molecule has 0 saturated carbocycles. The van der Waals surface area contributed by atoms with Crippen LogP contribution in [0, 0.1) is 0 Å². The summed E-state index contributed by atoms with van der Waals surface area (Å²) >= 11 is 0. The number of aryl methyl sites for hydroxylation is 1. The van der Waals surface area contributed by atoms with Gasteiger partial charge in [0.25, 0.3) is 0 Å². The predicted molar refractivity (Wildman–Crippen MR) is 56.0 cm³/mol. The van der Waals surface area contributed by atoms with E-state index >= 15 is 0 Å². The van der Waals surface area contributed by atoms with E-state index in [1.165, 1.54) is 5.56 Å². The summed E-state index contributed by atoms with van der Waals surface area (Å²) in [4.78, 5) is 10.5. The minimum atomic E-state index is -0.741. The molecule has 1 aromatic rings. The molecular formula is C12H14O3.